The van der Waals surface area contributed by atoms with Crippen LogP contribution < -0.4 is 4.74 Å². The molecule has 5 nitrogen and oxygen atoms in total. The van der Waals surface area contributed by atoms with E-state index in [1.165, 1.54) is 11.1 Å². The Morgan fingerprint density at radius 2 is 1.96 bits per heavy atom. The standard InChI is InChI=1S/C20H24N4O/c1-13-8-14(2)22-20(21-13)15-6-7-24(11-15)12-17-9-16-10-18(25-3)4-5-19(16)23-17/h4-5,8-10,15,23H,6-7,11-12H2,1-3H3. The van der Waals surface area contributed by atoms with Crippen LogP contribution in [0, 0.1) is 13.8 Å². The second-order valence-corrected chi connectivity index (χ2v) is 6.98. The van der Waals surface area contributed by atoms with Gasteiger partial charge in [0.15, 0.2) is 0 Å². The average molecular weight is 336 g/mol. The number of rotatable bonds is 4. The molecule has 1 saturated heterocycles. The van der Waals surface area contributed by atoms with Crippen LogP contribution in [-0.4, -0.2) is 40.1 Å². The predicted molar refractivity (Wildman–Crippen MR) is 99.0 cm³/mol. The molecule has 2 aromatic heterocycles. The van der Waals surface area contributed by atoms with Gasteiger partial charge < -0.3 is 9.72 Å². The molecule has 1 fully saturated rings. The van der Waals surface area contributed by atoms with Gasteiger partial charge >= 0.3 is 0 Å². The number of fused-ring (bicyclic) bond motifs is 1. The molecule has 1 N–H and O–H groups in total. The lowest BCUT2D eigenvalue weighted by molar-refractivity contribution is 0.322. The number of aromatic amines is 1. The quantitative estimate of drug-likeness (QED) is 0.791. The van der Waals surface area contributed by atoms with E-state index in [1.54, 1.807) is 7.11 Å². The Hall–Kier alpha value is -2.40. The fourth-order valence-corrected chi connectivity index (χ4v) is 3.75. The second kappa shape index (κ2) is 6.48. The number of hydrogen-bond acceptors (Lipinski definition) is 4. The average Bonchev–Trinajstić information content (AvgIpc) is 3.19. The largest absolute Gasteiger partial charge is 0.497 e. The van der Waals surface area contributed by atoms with Crippen LogP contribution in [-0.2, 0) is 6.54 Å². The minimum atomic E-state index is 0.433. The Bertz CT molecular complexity index is 882. The lowest BCUT2D eigenvalue weighted by Crippen LogP contribution is -2.20. The van der Waals surface area contributed by atoms with Gasteiger partial charge in [0.1, 0.15) is 11.6 Å². The molecule has 1 atom stereocenters. The van der Waals surface area contributed by atoms with Crippen molar-refractivity contribution in [3.63, 3.8) is 0 Å². The molecule has 1 unspecified atom stereocenters. The van der Waals surface area contributed by atoms with Crippen molar-refractivity contribution in [3.05, 3.63) is 53.2 Å². The number of H-pyrrole nitrogens is 1. The molecule has 5 heteroatoms. The van der Waals surface area contributed by atoms with Gasteiger partial charge in [0.05, 0.1) is 7.11 Å². The summed E-state index contributed by atoms with van der Waals surface area (Å²) in [7, 11) is 1.70. The first-order valence-electron chi connectivity index (χ1n) is 8.81. The minimum Gasteiger partial charge on any atom is -0.497 e. The maximum Gasteiger partial charge on any atom is 0.133 e. The third kappa shape index (κ3) is 3.37. The molecule has 25 heavy (non-hydrogen) atoms. The topological polar surface area (TPSA) is 54.0 Å². The summed E-state index contributed by atoms with van der Waals surface area (Å²) in [5.74, 6) is 2.33. The number of ether oxygens (including phenoxy) is 1. The molecule has 1 aromatic carbocycles. The van der Waals surface area contributed by atoms with Gasteiger partial charge in [-0.1, -0.05) is 0 Å². The zero-order valence-corrected chi connectivity index (χ0v) is 15.0. The van der Waals surface area contributed by atoms with E-state index < -0.39 is 0 Å². The number of nitrogens with zero attached hydrogens (tertiary/aromatic N) is 3. The molecule has 1 aliphatic rings. The summed E-state index contributed by atoms with van der Waals surface area (Å²) >= 11 is 0. The van der Waals surface area contributed by atoms with E-state index in [4.69, 9.17) is 4.74 Å². The number of hydrogen-bond donors (Lipinski definition) is 1. The van der Waals surface area contributed by atoms with Crippen molar-refractivity contribution >= 4 is 10.9 Å². The van der Waals surface area contributed by atoms with Gasteiger partial charge in [0, 0.05) is 47.0 Å². The number of aromatic nitrogens is 3. The Morgan fingerprint density at radius 3 is 2.72 bits per heavy atom. The summed E-state index contributed by atoms with van der Waals surface area (Å²) in [6.45, 7) is 7.12. The van der Waals surface area contributed by atoms with Crippen molar-refractivity contribution in [2.75, 3.05) is 20.2 Å². The van der Waals surface area contributed by atoms with Crippen LogP contribution in [0.2, 0.25) is 0 Å². The smallest absolute Gasteiger partial charge is 0.133 e. The molecule has 0 spiro atoms. The van der Waals surface area contributed by atoms with Crippen LogP contribution in [0.1, 0.15) is 35.2 Å². The zero-order valence-electron chi connectivity index (χ0n) is 15.0. The second-order valence-electron chi connectivity index (χ2n) is 6.98. The number of likely N-dealkylation sites (tertiary alicyclic amines) is 1. The van der Waals surface area contributed by atoms with Crippen molar-refractivity contribution in [2.24, 2.45) is 0 Å². The van der Waals surface area contributed by atoms with Crippen LogP contribution in [0.5, 0.6) is 5.75 Å². The zero-order chi connectivity index (χ0) is 17.4. The summed E-state index contributed by atoms with van der Waals surface area (Å²) in [6, 6.07) is 10.4. The Balaban J connectivity index is 1.47. The summed E-state index contributed by atoms with van der Waals surface area (Å²) in [6.07, 6.45) is 1.12. The Labute approximate surface area is 148 Å². The fourth-order valence-electron chi connectivity index (χ4n) is 3.75. The molecule has 3 heterocycles. The molecule has 130 valence electrons. The summed E-state index contributed by atoms with van der Waals surface area (Å²) in [5, 5.41) is 1.20. The molecule has 1 aliphatic heterocycles. The van der Waals surface area contributed by atoms with Gasteiger partial charge in [0.25, 0.3) is 0 Å². The minimum absolute atomic E-state index is 0.433. The highest BCUT2D eigenvalue weighted by Crippen LogP contribution is 2.27. The molecule has 0 saturated carbocycles. The summed E-state index contributed by atoms with van der Waals surface area (Å²) in [4.78, 5) is 15.3. The summed E-state index contributed by atoms with van der Waals surface area (Å²) < 4.78 is 5.31. The van der Waals surface area contributed by atoms with Crippen molar-refractivity contribution in [1.29, 1.82) is 0 Å². The molecule has 4 rings (SSSR count). The lowest BCUT2D eigenvalue weighted by Gasteiger charge is -2.15. The van der Waals surface area contributed by atoms with Gasteiger partial charge in [-0.05, 0) is 57.1 Å². The van der Waals surface area contributed by atoms with Crippen molar-refractivity contribution in [2.45, 2.75) is 32.7 Å². The van der Waals surface area contributed by atoms with E-state index in [0.717, 1.165) is 54.5 Å². The molecular weight excluding hydrogens is 312 g/mol. The van der Waals surface area contributed by atoms with Gasteiger partial charge in [-0.15, -0.1) is 0 Å². The SMILES string of the molecule is COc1ccc2[nH]c(CN3CCC(c4nc(C)cc(C)n4)C3)cc2c1. The van der Waals surface area contributed by atoms with E-state index >= 15 is 0 Å². The maximum absolute atomic E-state index is 5.31. The fraction of sp³-hybridized carbons (Fsp3) is 0.400. The molecule has 3 aromatic rings. The van der Waals surface area contributed by atoms with Gasteiger partial charge in [-0.25, -0.2) is 9.97 Å². The lowest BCUT2D eigenvalue weighted by atomic mass is 10.1. The normalized spacial score (nSPS) is 18.1. The number of benzene rings is 1. The highest BCUT2D eigenvalue weighted by molar-refractivity contribution is 5.81. The van der Waals surface area contributed by atoms with E-state index in [0.29, 0.717) is 5.92 Å². The molecular formula is C20H24N4O. The first-order chi connectivity index (χ1) is 12.1. The Morgan fingerprint density at radius 1 is 1.16 bits per heavy atom. The molecule has 0 aliphatic carbocycles. The number of nitrogens with one attached hydrogen (secondary N) is 1. The highest BCUT2D eigenvalue weighted by atomic mass is 16.5. The number of aryl methyl sites for hydroxylation is 2. The first kappa shape index (κ1) is 16.1. The van der Waals surface area contributed by atoms with Crippen LogP contribution >= 0.6 is 0 Å². The summed E-state index contributed by atoms with van der Waals surface area (Å²) in [5.41, 5.74) is 4.52. The highest BCUT2D eigenvalue weighted by Gasteiger charge is 2.26. The Kier molecular flexibility index (Phi) is 4.17. The van der Waals surface area contributed by atoms with Crippen molar-refractivity contribution in [1.82, 2.24) is 19.9 Å². The van der Waals surface area contributed by atoms with E-state index in [9.17, 15) is 0 Å². The number of methoxy groups -OCH3 is 1. The molecule has 0 bridgehead atoms. The monoisotopic (exact) mass is 336 g/mol. The third-order valence-electron chi connectivity index (χ3n) is 4.91. The van der Waals surface area contributed by atoms with Gasteiger partial charge in [-0.2, -0.15) is 0 Å². The van der Waals surface area contributed by atoms with Crippen LogP contribution in [0.15, 0.2) is 30.3 Å². The first-order valence-corrected chi connectivity index (χ1v) is 8.81. The van der Waals surface area contributed by atoms with Crippen LogP contribution in [0.25, 0.3) is 10.9 Å². The molecule has 0 amide bonds. The van der Waals surface area contributed by atoms with E-state index in [2.05, 4.69) is 38.1 Å². The van der Waals surface area contributed by atoms with Crippen molar-refractivity contribution in [3.8, 4) is 5.75 Å². The molecule has 0 radical (unpaired) electrons. The van der Waals surface area contributed by atoms with Gasteiger partial charge in [-0.3, -0.25) is 4.90 Å². The van der Waals surface area contributed by atoms with Gasteiger partial charge in [0.2, 0.25) is 0 Å². The third-order valence-corrected chi connectivity index (χ3v) is 4.91. The maximum atomic E-state index is 5.31. The van der Waals surface area contributed by atoms with E-state index in [1.807, 2.05) is 26.0 Å². The van der Waals surface area contributed by atoms with Crippen molar-refractivity contribution < 1.29 is 4.74 Å². The van der Waals surface area contributed by atoms with Crippen LogP contribution in [0.3, 0.4) is 0 Å². The van der Waals surface area contributed by atoms with Crippen LogP contribution in [0.4, 0.5) is 0 Å². The van der Waals surface area contributed by atoms with E-state index in [-0.39, 0.29) is 0 Å². The predicted octanol–water partition coefficient (Wildman–Crippen LogP) is 3.57.